The van der Waals surface area contributed by atoms with Crippen LogP contribution < -0.4 is 10.6 Å². The van der Waals surface area contributed by atoms with Crippen LogP contribution in [0.25, 0.3) is 0 Å². The molecule has 32 heavy (non-hydrogen) atoms. The third-order valence-corrected chi connectivity index (χ3v) is 6.48. The molecule has 0 radical (unpaired) electrons. The summed E-state index contributed by atoms with van der Waals surface area (Å²) in [5, 5.41) is 7.15. The monoisotopic (exact) mass is 469 g/mol. The Labute approximate surface area is 197 Å². The number of carbonyl (C=O) groups excluding carboxylic acids is 2. The second-order valence-corrected chi connectivity index (χ2v) is 10.1. The highest BCUT2D eigenvalue weighted by atomic mass is 35.5. The van der Waals surface area contributed by atoms with E-state index in [-0.39, 0.29) is 17.1 Å². The molecule has 0 saturated carbocycles. The number of aromatic nitrogens is 1. The first-order chi connectivity index (χ1) is 15.1. The molecule has 1 amide bonds. The number of nitrogens with zero attached hydrogens (tertiary/aromatic N) is 1. The van der Waals surface area contributed by atoms with E-state index in [0.717, 1.165) is 11.3 Å². The Morgan fingerprint density at radius 1 is 1.16 bits per heavy atom. The molecular formula is C25H25Cl2N3O2. The Morgan fingerprint density at radius 3 is 2.59 bits per heavy atom. The summed E-state index contributed by atoms with van der Waals surface area (Å²) in [7, 11) is 0. The predicted molar refractivity (Wildman–Crippen MR) is 128 cm³/mol. The van der Waals surface area contributed by atoms with Gasteiger partial charge in [0.2, 0.25) is 0 Å². The van der Waals surface area contributed by atoms with E-state index in [1.807, 2.05) is 19.9 Å². The predicted octanol–water partition coefficient (Wildman–Crippen LogP) is 5.94. The first-order valence-electron chi connectivity index (χ1n) is 10.5. The molecule has 2 aliphatic rings. The van der Waals surface area contributed by atoms with Crippen LogP contribution in [0, 0.1) is 12.3 Å². The first kappa shape index (κ1) is 22.6. The second-order valence-electron chi connectivity index (χ2n) is 9.27. The van der Waals surface area contributed by atoms with Gasteiger partial charge in [0.05, 0.1) is 0 Å². The molecule has 4 rings (SSSR count). The number of allylic oxidation sites excluding steroid dienone is 3. The Hall–Kier alpha value is -2.63. The molecule has 1 atom stereocenters. The first-order valence-corrected chi connectivity index (χ1v) is 11.2. The van der Waals surface area contributed by atoms with Crippen molar-refractivity contribution < 1.29 is 9.59 Å². The van der Waals surface area contributed by atoms with Crippen LogP contribution in [0.4, 0.5) is 5.82 Å². The maximum absolute atomic E-state index is 13.5. The zero-order valence-corrected chi connectivity index (χ0v) is 20.0. The van der Waals surface area contributed by atoms with E-state index >= 15 is 0 Å². The second kappa shape index (κ2) is 8.38. The summed E-state index contributed by atoms with van der Waals surface area (Å²) in [6, 6.07) is 8.83. The topological polar surface area (TPSA) is 71.1 Å². The minimum absolute atomic E-state index is 0.0197. The summed E-state index contributed by atoms with van der Waals surface area (Å²) in [4.78, 5) is 31.1. The Balaban J connectivity index is 1.84. The standard InChI is InChI=1S/C25H25Cl2N3O2/c1-13-7-8-28-20(9-13)30-24(32)21-14(2)29-18-11-25(3,4)12-19(31)23(18)22(21)16-6-5-15(26)10-17(16)27/h5-10,22,29H,11-12H2,1-4H3,(H,28,30,32)/t22-/m0/s1. The van der Waals surface area contributed by atoms with E-state index < -0.39 is 5.92 Å². The van der Waals surface area contributed by atoms with Gasteiger partial charge in [-0.3, -0.25) is 9.59 Å². The fourth-order valence-electron chi connectivity index (χ4n) is 4.57. The lowest BCUT2D eigenvalue weighted by Gasteiger charge is -2.39. The Kier molecular flexibility index (Phi) is 5.91. The van der Waals surface area contributed by atoms with Crippen molar-refractivity contribution in [2.45, 2.75) is 46.5 Å². The van der Waals surface area contributed by atoms with Crippen molar-refractivity contribution >= 4 is 40.7 Å². The number of anilines is 1. The van der Waals surface area contributed by atoms with Crippen molar-refractivity contribution in [1.29, 1.82) is 0 Å². The average Bonchev–Trinajstić information content (AvgIpc) is 2.66. The maximum Gasteiger partial charge on any atom is 0.255 e. The van der Waals surface area contributed by atoms with Crippen molar-refractivity contribution in [3.8, 4) is 0 Å². The van der Waals surface area contributed by atoms with Crippen LogP contribution >= 0.6 is 23.2 Å². The van der Waals surface area contributed by atoms with E-state index in [9.17, 15) is 9.59 Å². The van der Waals surface area contributed by atoms with E-state index in [1.54, 1.807) is 30.5 Å². The Morgan fingerprint density at radius 2 is 1.91 bits per heavy atom. The fraction of sp³-hybridized carbons (Fsp3) is 0.320. The highest BCUT2D eigenvalue weighted by Gasteiger charge is 2.43. The molecular weight excluding hydrogens is 445 g/mol. The van der Waals surface area contributed by atoms with Gasteiger partial charge in [-0.25, -0.2) is 4.98 Å². The molecule has 1 aliphatic carbocycles. The van der Waals surface area contributed by atoms with Gasteiger partial charge in [-0.05, 0) is 61.1 Å². The van der Waals surface area contributed by atoms with E-state index in [1.165, 1.54) is 0 Å². The van der Waals surface area contributed by atoms with Crippen LogP contribution in [0.5, 0.6) is 0 Å². The molecule has 7 heteroatoms. The molecule has 0 saturated heterocycles. The number of Topliss-reactive ketones (excluding diaryl/α,β-unsaturated/α-hetero) is 1. The SMILES string of the molecule is CC1=C(C(=O)Nc2cc(C)ccn2)[C@H](c2ccc(Cl)cc2Cl)C2=C(CC(C)(C)CC2=O)N1. The van der Waals surface area contributed by atoms with Crippen molar-refractivity contribution in [3.63, 3.8) is 0 Å². The number of halogens is 2. The molecule has 0 fully saturated rings. The molecule has 0 spiro atoms. The fourth-order valence-corrected chi connectivity index (χ4v) is 5.09. The lowest BCUT2D eigenvalue weighted by Crippen LogP contribution is -2.39. The van der Waals surface area contributed by atoms with E-state index in [4.69, 9.17) is 23.2 Å². The number of dihydropyridines is 1. The van der Waals surface area contributed by atoms with Crippen LogP contribution in [0.3, 0.4) is 0 Å². The zero-order chi connectivity index (χ0) is 23.2. The van der Waals surface area contributed by atoms with Crippen LogP contribution in [-0.4, -0.2) is 16.7 Å². The van der Waals surface area contributed by atoms with E-state index in [2.05, 4.69) is 29.5 Å². The van der Waals surface area contributed by atoms with Crippen molar-refractivity contribution in [2.75, 3.05) is 5.32 Å². The largest absolute Gasteiger partial charge is 0.362 e. The minimum Gasteiger partial charge on any atom is -0.362 e. The third-order valence-electron chi connectivity index (χ3n) is 5.91. The lowest BCUT2D eigenvalue weighted by atomic mass is 9.68. The zero-order valence-electron chi connectivity index (χ0n) is 18.5. The average molecular weight is 470 g/mol. The van der Waals surface area contributed by atoms with Gasteiger partial charge in [-0.15, -0.1) is 0 Å². The number of hydrogen-bond acceptors (Lipinski definition) is 4. The number of pyridine rings is 1. The van der Waals surface area contributed by atoms with Crippen molar-refractivity contribution in [2.24, 2.45) is 5.41 Å². The summed E-state index contributed by atoms with van der Waals surface area (Å²) in [6.45, 7) is 7.93. The molecule has 2 N–H and O–H groups in total. The van der Waals surface area contributed by atoms with Crippen LogP contribution in [0.2, 0.25) is 10.0 Å². The summed E-state index contributed by atoms with van der Waals surface area (Å²) < 4.78 is 0. The van der Waals surface area contributed by atoms with E-state index in [0.29, 0.717) is 51.1 Å². The van der Waals surface area contributed by atoms with Crippen LogP contribution in [0.1, 0.15) is 50.7 Å². The van der Waals surface area contributed by atoms with Gasteiger partial charge in [0.1, 0.15) is 5.82 Å². The number of aryl methyl sites for hydroxylation is 1. The highest BCUT2D eigenvalue weighted by molar-refractivity contribution is 6.35. The molecule has 1 aromatic carbocycles. The van der Waals surface area contributed by atoms with Gasteiger partial charge < -0.3 is 10.6 Å². The van der Waals surface area contributed by atoms with Gasteiger partial charge in [-0.1, -0.05) is 43.1 Å². The lowest BCUT2D eigenvalue weighted by molar-refractivity contribution is -0.118. The molecule has 1 aromatic heterocycles. The molecule has 5 nitrogen and oxygen atoms in total. The molecule has 1 aliphatic heterocycles. The molecule has 2 heterocycles. The summed E-state index contributed by atoms with van der Waals surface area (Å²) in [6.07, 6.45) is 2.76. The number of amides is 1. The Bertz CT molecular complexity index is 1200. The maximum atomic E-state index is 13.5. The molecule has 2 aromatic rings. The third kappa shape index (κ3) is 4.32. The number of carbonyl (C=O) groups is 2. The highest BCUT2D eigenvalue weighted by Crippen LogP contribution is 2.48. The smallest absolute Gasteiger partial charge is 0.255 e. The summed E-state index contributed by atoms with van der Waals surface area (Å²) in [5.74, 6) is -0.448. The summed E-state index contributed by atoms with van der Waals surface area (Å²) in [5.41, 5.74) is 4.09. The van der Waals surface area contributed by atoms with Gasteiger partial charge in [0.15, 0.2) is 5.78 Å². The number of nitrogens with one attached hydrogen (secondary N) is 2. The van der Waals surface area contributed by atoms with Gasteiger partial charge in [0, 0.05) is 51.1 Å². The van der Waals surface area contributed by atoms with Crippen LogP contribution in [-0.2, 0) is 9.59 Å². The number of benzene rings is 1. The number of rotatable bonds is 3. The summed E-state index contributed by atoms with van der Waals surface area (Å²) >= 11 is 12.7. The molecule has 166 valence electrons. The molecule has 0 bridgehead atoms. The van der Waals surface area contributed by atoms with Gasteiger partial charge in [0.25, 0.3) is 5.91 Å². The van der Waals surface area contributed by atoms with Gasteiger partial charge >= 0.3 is 0 Å². The minimum atomic E-state index is -0.593. The van der Waals surface area contributed by atoms with Crippen molar-refractivity contribution in [1.82, 2.24) is 10.3 Å². The quantitative estimate of drug-likeness (QED) is 0.583. The number of ketones is 1. The normalized spacial score (nSPS) is 20.1. The van der Waals surface area contributed by atoms with Crippen LogP contribution in [0.15, 0.2) is 59.1 Å². The molecule has 0 unspecified atom stereocenters. The number of hydrogen-bond donors (Lipinski definition) is 2. The van der Waals surface area contributed by atoms with Gasteiger partial charge in [-0.2, -0.15) is 0 Å². The van der Waals surface area contributed by atoms with Crippen molar-refractivity contribution in [3.05, 3.63) is 80.2 Å².